The largest absolute Gasteiger partial charge is 0.310 e. The Hall–Kier alpha value is -7.36. The molecule has 0 saturated heterocycles. The van der Waals surface area contributed by atoms with Crippen LogP contribution in [-0.4, -0.2) is 13.7 Å². The average Bonchev–Trinajstić information content (AvgIpc) is 3.85. The first-order valence-electron chi connectivity index (χ1n) is 20.4. The first-order valence-corrected chi connectivity index (χ1v) is 20.4. The molecule has 0 saturated carbocycles. The van der Waals surface area contributed by atoms with Crippen LogP contribution in [0.4, 0.5) is 0 Å². The van der Waals surface area contributed by atoms with Crippen LogP contribution in [0.25, 0.3) is 94.4 Å². The molecule has 0 atom stereocenters. The highest BCUT2D eigenvalue weighted by Gasteiger charge is 2.23. The third-order valence-electron chi connectivity index (χ3n) is 12.4. The van der Waals surface area contributed by atoms with E-state index < -0.39 is 0 Å². The third-order valence-corrected chi connectivity index (χ3v) is 12.4. The molecule has 0 bridgehead atoms. The molecular weight excluding hydrogens is 703 g/mol. The number of nitrogens with zero attached hydrogens (tertiary/aromatic N) is 3. The summed E-state index contributed by atoms with van der Waals surface area (Å²) in [6, 6.07) is 60.1. The highest BCUT2D eigenvalue weighted by Crippen LogP contribution is 2.42. The molecule has 0 amide bonds. The fourth-order valence-corrected chi connectivity index (χ4v) is 9.76. The molecule has 2 aliphatic carbocycles. The number of benzene rings is 7. The molecule has 0 fully saturated rings. The van der Waals surface area contributed by atoms with E-state index in [1.807, 2.05) is 0 Å². The van der Waals surface area contributed by atoms with E-state index in [0.29, 0.717) is 0 Å². The Bertz CT molecular complexity index is 3390. The molecular formula is C55H39N3. The summed E-state index contributed by atoms with van der Waals surface area (Å²) in [6.07, 6.45) is 17.0. The predicted octanol–water partition coefficient (Wildman–Crippen LogP) is 14.3. The summed E-state index contributed by atoms with van der Waals surface area (Å²) >= 11 is 0. The summed E-state index contributed by atoms with van der Waals surface area (Å²) in [6.45, 7) is 0. The first kappa shape index (κ1) is 32.8. The van der Waals surface area contributed by atoms with Crippen LogP contribution in [0.3, 0.4) is 0 Å². The van der Waals surface area contributed by atoms with E-state index in [9.17, 15) is 0 Å². The number of allylic oxidation sites excluding steroid dienone is 7. The molecule has 3 heterocycles. The highest BCUT2D eigenvalue weighted by atomic mass is 15.1. The second kappa shape index (κ2) is 13.1. The van der Waals surface area contributed by atoms with Gasteiger partial charge in [0, 0.05) is 44.0 Å². The second-order valence-corrected chi connectivity index (χ2v) is 15.5. The van der Waals surface area contributed by atoms with E-state index >= 15 is 0 Å². The molecule has 0 unspecified atom stereocenters. The molecule has 3 aromatic heterocycles. The van der Waals surface area contributed by atoms with Crippen molar-refractivity contribution < 1.29 is 0 Å². The molecule has 2 aliphatic rings. The molecule has 12 rings (SSSR count). The minimum Gasteiger partial charge on any atom is -0.310 e. The monoisotopic (exact) mass is 741 g/mol. The maximum Gasteiger partial charge on any atom is 0.0782 e. The smallest absolute Gasteiger partial charge is 0.0782 e. The molecule has 0 aliphatic heterocycles. The lowest BCUT2D eigenvalue weighted by molar-refractivity contribution is 0.968. The van der Waals surface area contributed by atoms with E-state index in [1.165, 1.54) is 105 Å². The maximum atomic E-state index is 2.51. The minimum atomic E-state index is 0.830. The van der Waals surface area contributed by atoms with Crippen LogP contribution in [0.15, 0.2) is 194 Å². The van der Waals surface area contributed by atoms with Gasteiger partial charge in [0.15, 0.2) is 0 Å². The molecule has 274 valence electrons. The zero-order valence-corrected chi connectivity index (χ0v) is 32.0. The van der Waals surface area contributed by atoms with Crippen molar-refractivity contribution in [3.8, 4) is 22.5 Å². The third kappa shape index (κ3) is 5.00. The molecule has 7 aromatic carbocycles. The zero-order chi connectivity index (χ0) is 38.2. The van der Waals surface area contributed by atoms with Crippen LogP contribution in [-0.2, 0) is 6.42 Å². The molecule has 0 spiro atoms. The lowest BCUT2D eigenvalue weighted by atomic mass is 10.00. The lowest BCUT2D eigenvalue weighted by Crippen LogP contribution is -2.02. The standard InChI is InChI=1S/C55H39N3/c1-2-14-37(15-3-1)39-28-30-40(31-29-39)38-16-12-17-41(33-32-38)57-51-25-10-7-21-46(51)48-22-13-27-53(55(48)57)58-52-26-11-6-20-45(52)47-35-34-42(36-54(47)58)56-49-23-8-4-18-43(49)44-19-5-9-24-50(44)56/h1-4,6-11,13-18,20-36H,5,12,19H2. The van der Waals surface area contributed by atoms with Crippen molar-refractivity contribution in [2.45, 2.75) is 19.3 Å². The summed E-state index contributed by atoms with van der Waals surface area (Å²) in [5, 5.41) is 6.35. The molecule has 58 heavy (non-hydrogen) atoms. The Morgan fingerprint density at radius 1 is 0.414 bits per heavy atom. The van der Waals surface area contributed by atoms with E-state index in [0.717, 1.165) is 19.3 Å². The SMILES string of the molecule is C1=Cc2c(c3ccccc3n2-c2ccc3c4ccccc4n(-c4cccc5c6ccccc6n(C6=CCC=C(c7ccc(-c8ccccc8)cc7)C=C6)c45)c3c2)CC1. The van der Waals surface area contributed by atoms with Crippen LogP contribution in [0.2, 0.25) is 0 Å². The maximum absolute atomic E-state index is 2.51. The van der Waals surface area contributed by atoms with Gasteiger partial charge in [0.2, 0.25) is 0 Å². The normalized spacial score (nSPS) is 14.1. The Morgan fingerprint density at radius 2 is 1.05 bits per heavy atom. The van der Waals surface area contributed by atoms with Crippen molar-refractivity contribution >= 4 is 71.9 Å². The number of rotatable bonds is 5. The van der Waals surface area contributed by atoms with Gasteiger partial charge in [-0.05, 0) is 95.6 Å². The summed E-state index contributed by atoms with van der Waals surface area (Å²) < 4.78 is 7.48. The minimum absolute atomic E-state index is 0.830. The van der Waals surface area contributed by atoms with E-state index in [2.05, 4.69) is 214 Å². The fourth-order valence-electron chi connectivity index (χ4n) is 9.76. The van der Waals surface area contributed by atoms with Gasteiger partial charge in [-0.1, -0.05) is 152 Å². The summed E-state index contributed by atoms with van der Waals surface area (Å²) in [7, 11) is 0. The Morgan fingerprint density at radius 3 is 1.86 bits per heavy atom. The van der Waals surface area contributed by atoms with Gasteiger partial charge in [-0.2, -0.15) is 0 Å². The van der Waals surface area contributed by atoms with Crippen molar-refractivity contribution in [3.63, 3.8) is 0 Å². The van der Waals surface area contributed by atoms with Crippen molar-refractivity contribution in [3.05, 3.63) is 211 Å². The number of hydrogen-bond donors (Lipinski definition) is 0. The molecule has 0 N–H and O–H groups in total. The van der Waals surface area contributed by atoms with Crippen LogP contribution in [0.5, 0.6) is 0 Å². The van der Waals surface area contributed by atoms with Gasteiger partial charge >= 0.3 is 0 Å². The lowest BCUT2D eigenvalue weighted by Gasteiger charge is -2.16. The van der Waals surface area contributed by atoms with Gasteiger partial charge in [-0.15, -0.1) is 0 Å². The highest BCUT2D eigenvalue weighted by molar-refractivity contribution is 6.16. The van der Waals surface area contributed by atoms with Crippen LogP contribution in [0, 0.1) is 0 Å². The topological polar surface area (TPSA) is 14.8 Å². The summed E-state index contributed by atoms with van der Waals surface area (Å²) in [5.74, 6) is 0. The fraction of sp³-hybridized carbons (Fsp3) is 0.0545. The van der Waals surface area contributed by atoms with E-state index in [1.54, 1.807) is 0 Å². The number of hydrogen-bond acceptors (Lipinski definition) is 0. The van der Waals surface area contributed by atoms with E-state index in [-0.39, 0.29) is 0 Å². The van der Waals surface area contributed by atoms with Gasteiger partial charge in [0.1, 0.15) is 0 Å². The van der Waals surface area contributed by atoms with E-state index in [4.69, 9.17) is 0 Å². The average molecular weight is 742 g/mol. The Balaban J connectivity index is 1.05. The zero-order valence-electron chi connectivity index (χ0n) is 32.0. The number of aryl methyl sites for hydroxylation is 1. The van der Waals surface area contributed by atoms with Crippen molar-refractivity contribution in [1.29, 1.82) is 0 Å². The van der Waals surface area contributed by atoms with Gasteiger partial charge in [0.05, 0.1) is 33.3 Å². The van der Waals surface area contributed by atoms with Crippen molar-refractivity contribution in [1.82, 2.24) is 13.7 Å². The summed E-state index contributed by atoms with van der Waals surface area (Å²) in [5.41, 5.74) is 17.2. The predicted molar refractivity (Wildman–Crippen MR) is 246 cm³/mol. The summed E-state index contributed by atoms with van der Waals surface area (Å²) in [4.78, 5) is 0. The number of fused-ring (bicyclic) bond motifs is 9. The van der Waals surface area contributed by atoms with Gasteiger partial charge in [0.25, 0.3) is 0 Å². The molecule has 3 nitrogen and oxygen atoms in total. The second-order valence-electron chi connectivity index (χ2n) is 15.5. The number of para-hydroxylation sites is 4. The van der Waals surface area contributed by atoms with Crippen LogP contribution >= 0.6 is 0 Å². The van der Waals surface area contributed by atoms with Crippen LogP contribution in [0.1, 0.15) is 29.7 Å². The van der Waals surface area contributed by atoms with Gasteiger partial charge < -0.3 is 13.7 Å². The van der Waals surface area contributed by atoms with Gasteiger partial charge in [-0.25, -0.2) is 0 Å². The number of aromatic nitrogens is 3. The first-order chi connectivity index (χ1) is 28.8. The molecule has 0 radical (unpaired) electrons. The Labute approximate surface area is 337 Å². The van der Waals surface area contributed by atoms with Crippen molar-refractivity contribution in [2.75, 3.05) is 0 Å². The molecule has 3 heteroatoms. The van der Waals surface area contributed by atoms with Crippen LogP contribution < -0.4 is 0 Å². The quantitative estimate of drug-likeness (QED) is 0.167. The molecule has 10 aromatic rings. The Kier molecular flexibility index (Phi) is 7.42. The van der Waals surface area contributed by atoms with Gasteiger partial charge in [-0.3, -0.25) is 0 Å². The van der Waals surface area contributed by atoms with Crippen molar-refractivity contribution in [2.24, 2.45) is 0 Å².